The summed E-state index contributed by atoms with van der Waals surface area (Å²) in [7, 11) is 0. The lowest BCUT2D eigenvalue weighted by atomic mass is 10.2. The molecular weight excluding hydrogens is 462 g/mol. The molecule has 112 valence electrons. The fraction of sp³-hybridized carbons (Fsp3) is 0.250. The van der Waals surface area contributed by atoms with Gasteiger partial charge >= 0.3 is 0 Å². The van der Waals surface area contributed by atoms with Crippen molar-refractivity contribution in [3.63, 3.8) is 0 Å². The molecule has 0 saturated carbocycles. The number of benzene rings is 2. The lowest BCUT2D eigenvalue weighted by Crippen LogP contribution is -2.14. The minimum atomic E-state index is 0.788. The molecule has 0 atom stereocenters. The number of halogens is 3. The number of nitrogens with one attached hydrogen (secondary N) is 1. The number of hydrogen-bond donors (Lipinski definition) is 1. The molecule has 0 bridgehead atoms. The molecule has 0 heterocycles. The molecule has 0 aromatic heterocycles. The third-order valence-electron chi connectivity index (χ3n) is 2.88. The minimum absolute atomic E-state index is 0.788. The monoisotopic (exact) mass is 475 g/mol. The molecule has 0 amide bonds. The van der Waals surface area contributed by atoms with Crippen molar-refractivity contribution < 1.29 is 4.74 Å². The summed E-state index contributed by atoms with van der Waals surface area (Å²) in [6, 6.07) is 12.0. The lowest BCUT2D eigenvalue weighted by Gasteiger charge is -2.13. The van der Waals surface area contributed by atoms with Crippen molar-refractivity contribution >= 4 is 47.8 Å². The van der Waals surface area contributed by atoms with E-state index in [2.05, 4.69) is 66.1 Å². The zero-order chi connectivity index (χ0) is 15.2. The predicted octanol–water partition coefficient (Wildman–Crippen LogP) is 6.27. The van der Waals surface area contributed by atoms with Gasteiger partial charge in [0.15, 0.2) is 0 Å². The third kappa shape index (κ3) is 5.09. The molecule has 0 spiro atoms. The molecule has 2 nitrogen and oxygen atoms in total. The van der Waals surface area contributed by atoms with E-state index in [4.69, 9.17) is 4.74 Å². The average molecular weight is 478 g/mol. The van der Waals surface area contributed by atoms with Gasteiger partial charge in [-0.3, -0.25) is 0 Å². The molecule has 21 heavy (non-hydrogen) atoms. The van der Waals surface area contributed by atoms with E-state index in [1.165, 1.54) is 0 Å². The van der Waals surface area contributed by atoms with Crippen molar-refractivity contribution in [2.75, 3.05) is 6.54 Å². The molecule has 0 saturated heterocycles. The van der Waals surface area contributed by atoms with Gasteiger partial charge in [0.1, 0.15) is 11.5 Å². The van der Waals surface area contributed by atoms with Gasteiger partial charge in [-0.05, 0) is 65.3 Å². The van der Waals surface area contributed by atoms with E-state index in [1.54, 1.807) is 0 Å². The van der Waals surface area contributed by atoms with Crippen LogP contribution in [0.1, 0.15) is 18.9 Å². The van der Waals surface area contributed by atoms with Gasteiger partial charge < -0.3 is 10.1 Å². The highest BCUT2D eigenvalue weighted by Crippen LogP contribution is 2.34. The van der Waals surface area contributed by atoms with Crippen LogP contribution >= 0.6 is 47.8 Å². The highest BCUT2D eigenvalue weighted by atomic mass is 79.9. The van der Waals surface area contributed by atoms with E-state index in [1.807, 2.05) is 30.3 Å². The van der Waals surface area contributed by atoms with Crippen molar-refractivity contribution in [1.82, 2.24) is 5.32 Å². The van der Waals surface area contributed by atoms with E-state index in [0.29, 0.717) is 0 Å². The average Bonchev–Trinajstić information content (AvgIpc) is 2.44. The van der Waals surface area contributed by atoms with Crippen LogP contribution in [0.3, 0.4) is 0 Å². The molecule has 2 aromatic rings. The van der Waals surface area contributed by atoms with Crippen LogP contribution in [0.2, 0.25) is 0 Å². The molecule has 0 unspecified atom stereocenters. The van der Waals surface area contributed by atoms with Gasteiger partial charge in [-0.25, -0.2) is 0 Å². The highest BCUT2D eigenvalue weighted by Gasteiger charge is 2.08. The van der Waals surface area contributed by atoms with Crippen LogP contribution < -0.4 is 10.1 Å². The molecule has 0 aliphatic heterocycles. The third-order valence-corrected chi connectivity index (χ3v) is 4.48. The Balaban J connectivity index is 2.22. The Bertz CT molecular complexity index is 616. The molecule has 2 rings (SSSR count). The van der Waals surface area contributed by atoms with Gasteiger partial charge in [-0.2, -0.15) is 0 Å². The Hall–Kier alpha value is -0.360. The standard InChI is InChI=1S/C16H16Br3NO/c1-2-7-20-10-11-8-12(17)3-5-15(11)21-16-6-4-13(18)9-14(16)19/h3-6,8-9,20H,2,7,10H2,1H3. The van der Waals surface area contributed by atoms with Crippen molar-refractivity contribution in [2.24, 2.45) is 0 Å². The second kappa shape index (κ2) is 8.32. The Morgan fingerprint density at radius 1 is 0.952 bits per heavy atom. The Kier molecular flexibility index (Phi) is 6.74. The van der Waals surface area contributed by atoms with Gasteiger partial charge in [-0.15, -0.1) is 0 Å². The highest BCUT2D eigenvalue weighted by molar-refractivity contribution is 9.11. The summed E-state index contributed by atoms with van der Waals surface area (Å²) in [5.74, 6) is 1.67. The van der Waals surface area contributed by atoms with Crippen LogP contribution in [0.5, 0.6) is 11.5 Å². The van der Waals surface area contributed by atoms with Gasteiger partial charge in [-0.1, -0.05) is 38.8 Å². The fourth-order valence-electron chi connectivity index (χ4n) is 1.86. The zero-order valence-corrected chi connectivity index (χ0v) is 16.4. The Labute approximate surface area is 150 Å². The summed E-state index contributed by atoms with van der Waals surface area (Å²) in [5, 5.41) is 3.41. The number of rotatable bonds is 6. The van der Waals surface area contributed by atoms with Crippen molar-refractivity contribution in [2.45, 2.75) is 19.9 Å². The number of ether oxygens (including phenoxy) is 1. The first-order valence-corrected chi connectivity index (χ1v) is 9.10. The van der Waals surface area contributed by atoms with E-state index in [9.17, 15) is 0 Å². The largest absolute Gasteiger partial charge is 0.456 e. The maximum absolute atomic E-state index is 6.05. The van der Waals surface area contributed by atoms with Crippen molar-refractivity contribution in [3.8, 4) is 11.5 Å². The summed E-state index contributed by atoms with van der Waals surface area (Å²) in [5.41, 5.74) is 1.13. The van der Waals surface area contributed by atoms with Crippen molar-refractivity contribution in [1.29, 1.82) is 0 Å². The normalized spacial score (nSPS) is 10.7. The van der Waals surface area contributed by atoms with Crippen LogP contribution in [0.4, 0.5) is 0 Å². The molecule has 1 N–H and O–H groups in total. The van der Waals surface area contributed by atoms with Crippen molar-refractivity contribution in [3.05, 3.63) is 55.4 Å². The Morgan fingerprint density at radius 2 is 1.62 bits per heavy atom. The molecule has 2 aromatic carbocycles. The smallest absolute Gasteiger partial charge is 0.141 e. The summed E-state index contributed by atoms with van der Waals surface area (Å²) < 4.78 is 9.05. The van der Waals surface area contributed by atoms with Gasteiger partial charge in [0.25, 0.3) is 0 Å². The SMILES string of the molecule is CCCNCc1cc(Br)ccc1Oc1ccc(Br)cc1Br. The second-order valence-corrected chi connectivity index (χ2v) is 7.29. The van der Waals surface area contributed by atoms with Crippen LogP contribution in [-0.4, -0.2) is 6.54 Å². The minimum Gasteiger partial charge on any atom is -0.456 e. The molecule has 0 radical (unpaired) electrons. The quantitative estimate of drug-likeness (QED) is 0.495. The number of hydrogen-bond acceptors (Lipinski definition) is 2. The topological polar surface area (TPSA) is 21.3 Å². The Morgan fingerprint density at radius 3 is 2.29 bits per heavy atom. The van der Waals surface area contributed by atoms with Crippen LogP contribution in [0.25, 0.3) is 0 Å². The van der Waals surface area contributed by atoms with E-state index in [-0.39, 0.29) is 0 Å². The van der Waals surface area contributed by atoms with E-state index >= 15 is 0 Å². The first-order valence-electron chi connectivity index (χ1n) is 6.72. The van der Waals surface area contributed by atoms with E-state index < -0.39 is 0 Å². The fourth-order valence-corrected chi connectivity index (χ4v) is 3.40. The maximum atomic E-state index is 6.05. The maximum Gasteiger partial charge on any atom is 0.141 e. The first kappa shape index (κ1) is 17.0. The van der Waals surface area contributed by atoms with Crippen LogP contribution in [0, 0.1) is 0 Å². The molecule has 0 aliphatic rings. The van der Waals surface area contributed by atoms with Crippen LogP contribution in [-0.2, 0) is 6.54 Å². The summed E-state index contributed by atoms with van der Waals surface area (Å²) >= 11 is 10.5. The lowest BCUT2D eigenvalue weighted by molar-refractivity contribution is 0.469. The van der Waals surface area contributed by atoms with Gasteiger partial charge in [0, 0.05) is 21.1 Å². The molecule has 0 aliphatic carbocycles. The summed E-state index contributed by atoms with van der Waals surface area (Å²) in [4.78, 5) is 0. The summed E-state index contributed by atoms with van der Waals surface area (Å²) in [6.07, 6.45) is 1.11. The first-order chi connectivity index (χ1) is 10.1. The van der Waals surface area contributed by atoms with Gasteiger partial charge in [0.05, 0.1) is 4.47 Å². The molecular formula is C16H16Br3NO. The predicted molar refractivity (Wildman–Crippen MR) is 98.1 cm³/mol. The second-order valence-electron chi connectivity index (χ2n) is 4.61. The van der Waals surface area contributed by atoms with Crippen LogP contribution in [0.15, 0.2) is 49.8 Å². The molecule has 0 fully saturated rings. The zero-order valence-electron chi connectivity index (χ0n) is 11.6. The summed E-state index contributed by atoms with van der Waals surface area (Å²) in [6.45, 7) is 3.94. The molecule has 5 heteroatoms. The van der Waals surface area contributed by atoms with Gasteiger partial charge in [0.2, 0.25) is 0 Å². The van der Waals surface area contributed by atoms with E-state index in [0.717, 1.165) is 50.0 Å².